The second-order valence-electron chi connectivity index (χ2n) is 11.1. The Balaban J connectivity index is 1.34. The van der Waals surface area contributed by atoms with E-state index in [4.69, 9.17) is 14.6 Å². The predicted molar refractivity (Wildman–Crippen MR) is 172 cm³/mol. The van der Waals surface area contributed by atoms with Gasteiger partial charge in [0.25, 0.3) is 10.0 Å². The molecular formula is C32H29F4N5O7S2. The van der Waals surface area contributed by atoms with E-state index in [0.717, 1.165) is 23.5 Å². The SMILES string of the molecule is NS(=O)(=O)c1nc2ccc(OCc3cn([C@@H](Cc4ccc(OCCF)cc4)C(=O)C[C@@H](Cc4ccc(C(F)(F)F)cc4)C(=O)O)nn3)cc2s1. The number of aromatic nitrogens is 4. The highest BCUT2D eigenvalue weighted by Gasteiger charge is 2.31. The number of halogens is 4. The van der Waals surface area contributed by atoms with E-state index >= 15 is 0 Å². The fraction of sp³-hybridized carbons (Fsp3) is 0.281. The van der Waals surface area contributed by atoms with Crippen LogP contribution in [0.3, 0.4) is 0 Å². The number of aliphatic carboxylic acids is 1. The molecule has 0 bridgehead atoms. The molecule has 0 aliphatic carbocycles. The average molecular weight is 736 g/mol. The molecule has 12 nitrogen and oxygen atoms in total. The molecule has 18 heteroatoms. The first-order valence-corrected chi connectivity index (χ1v) is 17.2. The Kier molecular flexibility index (Phi) is 11.1. The van der Waals surface area contributed by atoms with Crippen molar-refractivity contribution in [3.63, 3.8) is 0 Å². The van der Waals surface area contributed by atoms with Gasteiger partial charge in [-0.25, -0.2) is 27.6 Å². The molecule has 50 heavy (non-hydrogen) atoms. The lowest BCUT2D eigenvalue weighted by molar-refractivity contribution is -0.144. The van der Waals surface area contributed by atoms with Crippen molar-refractivity contribution in [2.75, 3.05) is 13.3 Å². The molecule has 0 saturated carbocycles. The lowest BCUT2D eigenvalue weighted by Crippen LogP contribution is -2.28. The fourth-order valence-corrected chi connectivity index (χ4v) is 6.67. The highest BCUT2D eigenvalue weighted by molar-refractivity contribution is 7.91. The summed E-state index contributed by atoms with van der Waals surface area (Å²) in [5, 5.41) is 23.3. The number of carbonyl (C=O) groups is 2. The van der Waals surface area contributed by atoms with Crippen LogP contribution in [-0.2, 0) is 45.2 Å². The summed E-state index contributed by atoms with van der Waals surface area (Å²) in [7, 11) is -3.98. The Morgan fingerprint density at radius 1 is 0.960 bits per heavy atom. The largest absolute Gasteiger partial charge is 0.491 e. The molecular weight excluding hydrogens is 707 g/mol. The molecule has 2 heterocycles. The normalized spacial score (nSPS) is 13.2. The molecule has 264 valence electrons. The maximum Gasteiger partial charge on any atom is 0.416 e. The molecule has 0 aliphatic rings. The minimum absolute atomic E-state index is 0.0624. The number of nitrogens with two attached hydrogens (primary N) is 1. The molecule has 0 aliphatic heterocycles. The third-order valence-electron chi connectivity index (χ3n) is 7.48. The van der Waals surface area contributed by atoms with Gasteiger partial charge in [-0.2, -0.15) is 13.2 Å². The Morgan fingerprint density at radius 3 is 2.26 bits per heavy atom. The lowest BCUT2D eigenvalue weighted by Gasteiger charge is -2.19. The molecule has 3 aromatic carbocycles. The Bertz CT molecular complexity index is 2070. The van der Waals surface area contributed by atoms with Gasteiger partial charge in [0.05, 0.1) is 27.9 Å². The first-order chi connectivity index (χ1) is 23.7. The Labute approximate surface area is 286 Å². The molecule has 0 amide bonds. The second-order valence-corrected chi connectivity index (χ2v) is 13.9. The number of nitrogens with zero attached hydrogens (tertiary/aromatic N) is 4. The van der Waals surface area contributed by atoms with Gasteiger partial charge in [-0.15, -0.1) is 16.4 Å². The van der Waals surface area contributed by atoms with Gasteiger partial charge in [-0.05, 0) is 60.0 Å². The van der Waals surface area contributed by atoms with E-state index in [2.05, 4.69) is 15.3 Å². The number of fused-ring (bicyclic) bond motifs is 1. The zero-order chi connectivity index (χ0) is 36.1. The summed E-state index contributed by atoms with van der Waals surface area (Å²) in [6.45, 7) is -0.901. The van der Waals surface area contributed by atoms with Crippen molar-refractivity contribution >= 4 is 43.3 Å². The number of Topliss-reactive ketones (excluding diaryl/α,β-unsaturated/α-hetero) is 1. The number of hydrogen-bond acceptors (Lipinski definition) is 10. The van der Waals surface area contributed by atoms with Crippen LogP contribution in [0.1, 0.15) is 34.8 Å². The van der Waals surface area contributed by atoms with Gasteiger partial charge in [0.2, 0.25) is 4.34 Å². The van der Waals surface area contributed by atoms with Crippen LogP contribution < -0.4 is 14.6 Å². The number of sulfonamides is 1. The number of rotatable bonds is 16. The summed E-state index contributed by atoms with van der Waals surface area (Å²) in [5.41, 5.74) is 0.814. The number of carboxylic acids is 1. The maximum absolute atomic E-state index is 13.8. The van der Waals surface area contributed by atoms with Crippen molar-refractivity contribution in [1.82, 2.24) is 20.0 Å². The number of carbonyl (C=O) groups excluding carboxylic acids is 1. The van der Waals surface area contributed by atoms with E-state index in [-0.39, 0.29) is 30.4 Å². The summed E-state index contributed by atoms with van der Waals surface area (Å²) in [6.07, 6.45) is -3.67. The molecule has 5 rings (SSSR count). The van der Waals surface area contributed by atoms with Crippen molar-refractivity contribution < 1.29 is 50.1 Å². The van der Waals surface area contributed by atoms with Crippen LogP contribution in [0, 0.1) is 5.92 Å². The zero-order valence-corrected chi connectivity index (χ0v) is 27.5. The molecule has 5 aromatic rings. The minimum Gasteiger partial charge on any atom is -0.491 e. The Morgan fingerprint density at radius 2 is 1.62 bits per heavy atom. The minimum atomic E-state index is -4.55. The van der Waals surface area contributed by atoms with Crippen LogP contribution >= 0.6 is 11.3 Å². The van der Waals surface area contributed by atoms with Crippen molar-refractivity contribution in [2.45, 2.75) is 42.4 Å². The summed E-state index contributed by atoms with van der Waals surface area (Å²) >= 11 is 0.880. The van der Waals surface area contributed by atoms with Crippen LogP contribution in [0.25, 0.3) is 10.2 Å². The first kappa shape index (κ1) is 36.3. The van der Waals surface area contributed by atoms with Gasteiger partial charge in [0, 0.05) is 12.8 Å². The summed E-state index contributed by atoms with van der Waals surface area (Å²) in [6, 6.07) is 14.3. The molecule has 0 unspecified atom stereocenters. The fourth-order valence-electron chi connectivity index (χ4n) is 4.98. The molecule has 2 atom stereocenters. The third-order valence-corrected chi connectivity index (χ3v) is 9.82. The monoisotopic (exact) mass is 735 g/mol. The number of carboxylic acid groups (broad SMARTS) is 1. The average Bonchev–Trinajstić information content (AvgIpc) is 3.72. The van der Waals surface area contributed by atoms with Crippen LogP contribution in [0.5, 0.6) is 11.5 Å². The number of ether oxygens (including phenoxy) is 2. The van der Waals surface area contributed by atoms with Gasteiger partial charge < -0.3 is 14.6 Å². The number of hydrogen-bond donors (Lipinski definition) is 2. The Hall–Kier alpha value is -4.94. The van der Waals surface area contributed by atoms with Gasteiger partial charge in [-0.1, -0.05) is 29.5 Å². The molecule has 0 fully saturated rings. The number of benzene rings is 3. The molecule has 2 aromatic heterocycles. The first-order valence-electron chi connectivity index (χ1n) is 14.9. The smallest absolute Gasteiger partial charge is 0.416 e. The quantitative estimate of drug-likeness (QED) is 0.129. The van der Waals surface area contributed by atoms with E-state index in [1.165, 1.54) is 23.0 Å². The van der Waals surface area contributed by atoms with Crippen molar-refractivity contribution in [3.8, 4) is 11.5 Å². The molecule has 3 N–H and O–H groups in total. The number of thiazole rings is 1. The summed E-state index contributed by atoms with van der Waals surface area (Å²) in [4.78, 5) is 30.0. The van der Waals surface area contributed by atoms with Crippen molar-refractivity contribution in [3.05, 3.63) is 95.3 Å². The van der Waals surface area contributed by atoms with Crippen molar-refractivity contribution in [1.29, 1.82) is 0 Å². The maximum atomic E-state index is 13.8. The molecule has 0 radical (unpaired) electrons. The van der Waals surface area contributed by atoms with E-state index < -0.39 is 58.6 Å². The second kappa shape index (κ2) is 15.3. The standard InChI is InChI=1S/C32H29F4N5O7S2/c33-11-12-47-24-7-3-20(4-8-24)14-27(28(42)15-21(30(43)44)13-19-1-5-22(6-2-19)32(34,35)36)41-17-23(39-40-41)18-48-25-9-10-26-29(16-25)49-31(38-26)50(37,45)46/h1-10,16-17,21,27H,11-15,18H2,(H,43,44)(H2,37,45,46)/t21-,27+/m1/s1. The van der Waals surface area contributed by atoms with Gasteiger partial charge in [0.1, 0.15) is 43.1 Å². The zero-order valence-electron chi connectivity index (χ0n) is 25.9. The van der Waals surface area contributed by atoms with Crippen LogP contribution in [0.15, 0.2) is 77.3 Å². The summed E-state index contributed by atoms with van der Waals surface area (Å²) < 4.78 is 87.5. The van der Waals surface area contributed by atoms with Crippen LogP contribution in [-0.4, -0.2) is 58.5 Å². The van der Waals surface area contributed by atoms with Gasteiger partial charge in [-0.3, -0.25) is 9.59 Å². The topological polar surface area (TPSA) is 177 Å². The number of ketones is 1. The lowest BCUT2D eigenvalue weighted by atomic mass is 9.90. The van der Waals surface area contributed by atoms with Crippen LogP contribution in [0.4, 0.5) is 17.6 Å². The van der Waals surface area contributed by atoms with E-state index in [9.17, 15) is 40.7 Å². The van der Waals surface area contributed by atoms with E-state index in [0.29, 0.717) is 38.5 Å². The van der Waals surface area contributed by atoms with E-state index in [1.54, 1.807) is 42.5 Å². The number of primary sulfonamides is 1. The summed E-state index contributed by atoms with van der Waals surface area (Å²) in [5.74, 6) is -2.28. The highest BCUT2D eigenvalue weighted by atomic mass is 32.2. The van der Waals surface area contributed by atoms with Gasteiger partial charge >= 0.3 is 12.1 Å². The molecule has 0 spiro atoms. The predicted octanol–water partition coefficient (Wildman–Crippen LogP) is 5.17. The third kappa shape index (κ3) is 9.39. The number of alkyl halides is 4. The van der Waals surface area contributed by atoms with E-state index in [1.807, 2.05) is 0 Å². The van der Waals surface area contributed by atoms with Gasteiger partial charge in [0.15, 0.2) is 5.78 Å². The van der Waals surface area contributed by atoms with Crippen molar-refractivity contribution in [2.24, 2.45) is 11.1 Å². The van der Waals surface area contributed by atoms with Crippen LogP contribution in [0.2, 0.25) is 0 Å². The molecule has 0 saturated heterocycles. The highest BCUT2D eigenvalue weighted by Crippen LogP contribution is 2.31.